The van der Waals surface area contributed by atoms with Crippen molar-refractivity contribution in [3.63, 3.8) is 0 Å². The van der Waals surface area contributed by atoms with Crippen LogP contribution < -0.4 is 10.5 Å². The van der Waals surface area contributed by atoms with Gasteiger partial charge in [0.15, 0.2) is 0 Å². The standard InChI is InChI=1S/C9H10NO2/c1-12-8-4-2-3-7(5-8)6-9(10)11/h2-5,10H,6H2,1H3. The summed E-state index contributed by atoms with van der Waals surface area (Å²) in [7, 11) is 1.57. The molecular formula is C9H10NO2. The van der Waals surface area contributed by atoms with Gasteiger partial charge in [-0.2, -0.15) is 0 Å². The number of hydrogen-bond donors (Lipinski definition) is 0. The van der Waals surface area contributed by atoms with Crippen molar-refractivity contribution in [1.29, 1.82) is 0 Å². The van der Waals surface area contributed by atoms with E-state index >= 15 is 0 Å². The van der Waals surface area contributed by atoms with Gasteiger partial charge in [0.05, 0.1) is 13.5 Å². The quantitative estimate of drug-likeness (QED) is 0.670. The minimum Gasteiger partial charge on any atom is -0.497 e. The lowest BCUT2D eigenvalue weighted by Crippen LogP contribution is -2.02. The SMILES string of the molecule is COc1cccc(CC([NH])=O)c1. The van der Waals surface area contributed by atoms with Crippen LogP contribution in [0.15, 0.2) is 24.3 Å². The van der Waals surface area contributed by atoms with Crippen LogP contribution >= 0.6 is 0 Å². The number of hydrogen-bond acceptors (Lipinski definition) is 2. The van der Waals surface area contributed by atoms with Gasteiger partial charge in [-0.15, -0.1) is 0 Å². The fraction of sp³-hybridized carbons (Fsp3) is 0.222. The van der Waals surface area contributed by atoms with E-state index < -0.39 is 5.91 Å². The summed E-state index contributed by atoms with van der Waals surface area (Å²) < 4.78 is 4.96. The molecule has 0 bridgehead atoms. The fourth-order valence-electron chi connectivity index (χ4n) is 0.968. The van der Waals surface area contributed by atoms with Crippen molar-refractivity contribution in [2.24, 2.45) is 0 Å². The molecule has 0 saturated heterocycles. The minimum atomic E-state index is -0.580. The van der Waals surface area contributed by atoms with Gasteiger partial charge in [-0.1, -0.05) is 12.1 Å². The maximum atomic E-state index is 10.4. The van der Waals surface area contributed by atoms with E-state index in [1.54, 1.807) is 31.4 Å². The maximum Gasteiger partial charge on any atom is 0.242 e. The highest BCUT2D eigenvalue weighted by Gasteiger charge is 1.99. The third kappa shape index (κ3) is 2.27. The molecule has 0 saturated carbocycles. The molecule has 63 valence electrons. The van der Waals surface area contributed by atoms with E-state index in [-0.39, 0.29) is 6.42 Å². The topological polar surface area (TPSA) is 50.1 Å². The summed E-state index contributed by atoms with van der Waals surface area (Å²) in [5.41, 5.74) is 7.58. The van der Waals surface area contributed by atoms with E-state index in [4.69, 9.17) is 10.5 Å². The van der Waals surface area contributed by atoms with Crippen molar-refractivity contribution >= 4 is 5.91 Å². The molecule has 1 N–H and O–H groups in total. The van der Waals surface area contributed by atoms with Gasteiger partial charge in [0, 0.05) is 0 Å². The van der Waals surface area contributed by atoms with Gasteiger partial charge in [0.2, 0.25) is 5.91 Å². The lowest BCUT2D eigenvalue weighted by atomic mass is 10.1. The van der Waals surface area contributed by atoms with Crippen LogP contribution in [-0.4, -0.2) is 13.0 Å². The average molecular weight is 164 g/mol. The third-order valence-electron chi connectivity index (χ3n) is 1.50. The van der Waals surface area contributed by atoms with Crippen LogP contribution in [0.25, 0.3) is 0 Å². The Hall–Kier alpha value is -1.51. The summed E-state index contributed by atoms with van der Waals surface area (Å²) in [5, 5.41) is 0. The first kappa shape index (κ1) is 8.59. The number of amides is 1. The molecule has 0 aliphatic rings. The van der Waals surface area contributed by atoms with E-state index in [2.05, 4.69) is 0 Å². The van der Waals surface area contributed by atoms with Gasteiger partial charge in [0.25, 0.3) is 0 Å². The number of benzene rings is 1. The lowest BCUT2D eigenvalue weighted by molar-refractivity contribution is -0.118. The van der Waals surface area contributed by atoms with Gasteiger partial charge < -0.3 is 4.74 Å². The van der Waals surface area contributed by atoms with Crippen molar-refractivity contribution in [1.82, 2.24) is 5.73 Å². The van der Waals surface area contributed by atoms with Crippen LogP contribution in [0.5, 0.6) is 5.75 Å². The number of rotatable bonds is 3. The van der Waals surface area contributed by atoms with Gasteiger partial charge in [0.1, 0.15) is 5.75 Å². The largest absolute Gasteiger partial charge is 0.497 e. The van der Waals surface area contributed by atoms with E-state index in [9.17, 15) is 4.79 Å². The molecule has 0 aliphatic heterocycles. The second kappa shape index (κ2) is 3.76. The van der Waals surface area contributed by atoms with Gasteiger partial charge in [-0.3, -0.25) is 10.5 Å². The molecule has 1 aromatic carbocycles. The molecule has 12 heavy (non-hydrogen) atoms. The van der Waals surface area contributed by atoms with Gasteiger partial charge in [-0.25, -0.2) is 0 Å². The second-order valence-electron chi connectivity index (χ2n) is 2.45. The molecule has 1 radical (unpaired) electrons. The van der Waals surface area contributed by atoms with Crippen molar-refractivity contribution < 1.29 is 9.53 Å². The molecule has 0 aliphatic carbocycles. The Morgan fingerprint density at radius 1 is 1.58 bits per heavy atom. The Morgan fingerprint density at radius 3 is 2.92 bits per heavy atom. The van der Waals surface area contributed by atoms with Crippen LogP contribution in [0.3, 0.4) is 0 Å². The lowest BCUT2D eigenvalue weighted by Gasteiger charge is -2.01. The Morgan fingerprint density at radius 2 is 2.33 bits per heavy atom. The second-order valence-corrected chi connectivity index (χ2v) is 2.45. The Balaban J connectivity index is 2.79. The zero-order valence-corrected chi connectivity index (χ0v) is 6.83. The molecule has 0 spiro atoms. The zero-order valence-electron chi connectivity index (χ0n) is 6.83. The van der Waals surface area contributed by atoms with E-state index in [1.807, 2.05) is 0 Å². The predicted octanol–water partition coefficient (Wildman–Crippen LogP) is 1.05. The number of carbonyl (C=O) groups excluding carboxylic acids is 1. The summed E-state index contributed by atoms with van der Waals surface area (Å²) in [4.78, 5) is 10.4. The molecular weight excluding hydrogens is 154 g/mol. The van der Waals surface area contributed by atoms with Crippen LogP contribution in [0.1, 0.15) is 5.56 Å². The smallest absolute Gasteiger partial charge is 0.242 e. The Kier molecular flexibility index (Phi) is 2.69. The predicted molar refractivity (Wildman–Crippen MR) is 44.8 cm³/mol. The number of carbonyl (C=O) groups is 1. The highest BCUT2D eigenvalue weighted by atomic mass is 16.5. The van der Waals surface area contributed by atoms with E-state index in [1.165, 1.54) is 0 Å². The molecule has 0 atom stereocenters. The first-order valence-electron chi connectivity index (χ1n) is 3.59. The molecule has 0 unspecified atom stereocenters. The van der Waals surface area contributed by atoms with Crippen LogP contribution in [0.4, 0.5) is 0 Å². The summed E-state index contributed by atoms with van der Waals surface area (Å²) in [6, 6.07) is 7.16. The van der Waals surface area contributed by atoms with Crippen LogP contribution in [-0.2, 0) is 11.2 Å². The summed E-state index contributed by atoms with van der Waals surface area (Å²) >= 11 is 0. The van der Waals surface area contributed by atoms with Crippen molar-refractivity contribution in [2.75, 3.05) is 7.11 Å². The first-order valence-corrected chi connectivity index (χ1v) is 3.59. The summed E-state index contributed by atoms with van der Waals surface area (Å²) in [6.07, 6.45) is 0.150. The highest BCUT2D eigenvalue weighted by molar-refractivity contribution is 5.75. The molecule has 1 aromatic rings. The Bertz CT molecular complexity index is 284. The molecule has 3 heteroatoms. The molecule has 0 heterocycles. The summed E-state index contributed by atoms with van der Waals surface area (Å²) in [5.74, 6) is 0.136. The summed E-state index contributed by atoms with van der Waals surface area (Å²) in [6.45, 7) is 0. The van der Waals surface area contributed by atoms with Crippen LogP contribution in [0, 0.1) is 0 Å². The van der Waals surface area contributed by atoms with Crippen molar-refractivity contribution in [3.8, 4) is 5.75 Å². The normalized spacial score (nSPS) is 9.42. The molecule has 3 nitrogen and oxygen atoms in total. The number of methoxy groups -OCH3 is 1. The fourth-order valence-corrected chi connectivity index (χ4v) is 0.968. The van der Waals surface area contributed by atoms with E-state index in [0.29, 0.717) is 5.75 Å². The molecule has 1 amide bonds. The maximum absolute atomic E-state index is 10.4. The van der Waals surface area contributed by atoms with Crippen LogP contribution in [0.2, 0.25) is 0 Å². The van der Waals surface area contributed by atoms with Gasteiger partial charge >= 0.3 is 0 Å². The third-order valence-corrected chi connectivity index (χ3v) is 1.50. The molecule has 0 fully saturated rings. The number of ether oxygens (including phenoxy) is 1. The highest BCUT2D eigenvalue weighted by Crippen LogP contribution is 2.12. The first-order chi connectivity index (χ1) is 5.72. The molecule has 0 aromatic heterocycles. The minimum absolute atomic E-state index is 0.150. The van der Waals surface area contributed by atoms with Gasteiger partial charge in [-0.05, 0) is 17.7 Å². The van der Waals surface area contributed by atoms with Crippen molar-refractivity contribution in [2.45, 2.75) is 6.42 Å². The van der Waals surface area contributed by atoms with E-state index in [0.717, 1.165) is 5.56 Å². The number of nitrogens with one attached hydrogen (secondary N) is 1. The van der Waals surface area contributed by atoms with Crippen molar-refractivity contribution in [3.05, 3.63) is 29.8 Å². The zero-order chi connectivity index (χ0) is 8.97. The molecule has 1 rings (SSSR count). The Labute approximate surface area is 71.1 Å². The average Bonchev–Trinajstić information content (AvgIpc) is 2.03. The monoisotopic (exact) mass is 164 g/mol.